The molecule has 0 fully saturated rings. The van der Waals surface area contributed by atoms with Gasteiger partial charge in [0.05, 0.1) is 10.6 Å². The van der Waals surface area contributed by atoms with Gasteiger partial charge in [-0.2, -0.15) is 0 Å². The first-order valence-corrected chi connectivity index (χ1v) is 9.49. The van der Waals surface area contributed by atoms with Gasteiger partial charge in [0.25, 0.3) is 0 Å². The maximum Gasteiger partial charge on any atom is 0.238 e. The van der Waals surface area contributed by atoms with Crippen LogP contribution in [0.2, 0.25) is 0 Å². The standard InChI is InChI=1S/C19H17FN2O3S/c1-2-19(23)14-11-18(13-3-5-15(20)6-4-13)22(12-14)16-7-9-17(10-8-16)26(21,24)25/h3-12H,2H2,1H3,(H2,21,24,25). The lowest BCUT2D eigenvalue weighted by Crippen LogP contribution is -2.12. The van der Waals surface area contributed by atoms with E-state index in [1.54, 1.807) is 48.0 Å². The Balaban J connectivity index is 2.14. The summed E-state index contributed by atoms with van der Waals surface area (Å²) < 4.78 is 37.9. The van der Waals surface area contributed by atoms with Gasteiger partial charge in [-0.25, -0.2) is 17.9 Å². The molecular formula is C19H17FN2O3S. The second-order valence-corrected chi connectivity index (χ2v) is 7.37. The van der Waals surface area contributed by atoms with E-state index in [1.165, 1.54) is 24.3 Å². The Hall–Kier alpha value is -2.77. The van der Waals surface area contributed by atoms with Crippen LogP contribution in [0.4, 0.5) is 4.39 Å². The quantitative estimate of drug-likeness (QED) is 0.696. The molecule has 0 aliphatic rings. The molecule has 0 aliphatic carbocycles. The summed E-state index contributed by atoms with van der Waals surface area (Å²) in [5.74, 6) is -0.373. The van der Waals surface area contributed by atoms with Crippen LogP contribution in [0.15, 0.2) is 65.7 Å². The summed E-state index contributed by atoms with van der Waals surface area (Å²) in [6.07, 6.45) is 2.05. The normalized spacial score (nSPS) is 11.5. The van der Waals surface area contributed by atoms with E-state index in [0.717, 1.165) is 5.56 Å². The third kappa shape index (κ3) is 3.58. The van der Waals surface area contributed by atoms with E-state index in [-0.39, 0.29) is 16.5 Å². The van der Waals surface area contributed by atoms with Crippen molar-refractivity contribution >= 4 is 15.8 Å². The molecule has 134 valence electrons. The molecule has 0 aliphatic heterocycles. The van der Waals surface area contributed by atoms with Gasteiger partial charge in [0.2, 0.25) is 10.0 Å². The van der Waals surface area contributed by atoms with Gasteiger partial charge in [0, 0.05) is 23.9 Å². The molecule has 7 heteroatoms. The van der Waals surface area contributed by atoms with Gasteiger partial charge in [-0.3, -0.25) is 4.79 Å². The topological polar surface area (TPSA) is 82.2 Å². The molecule has 0 bridgehead atoms. The number of halogens is 1. The first-order valence-electron chi connectivity index (χ1n) is 7.94. The van der Waals surface area contributed by atoms with Crippen LogP contribution in [0.3, 0.4) is 0 Å². The van der Waals surface area contributed by atoms with Crippen LogP contribution in [0, 0.1) is 5.82 Å². The number of primary sulfonamides is 1. The third-order valence-corrected chi connectivity index (χ3v) is 4.98. The molecule has 3 aromatic rings. The molecule has 5 nitrogen and oxygen atoms in total. The number of Topliss-reactive ketones (excluding diaryl/α,β-unsaturated/α-hetero) is 1. The third-order valence-electron chi connectivity index (χ3n) is 4.05. The minimum atomic E-state index is -3.79. The fraction of sp³-hybridized carbons (Fsp3) is 0.105. The van der Waals surface area contributed by atoms with Gasteiger partial charge in [-0.1, -0.05) is 6.92 Å². The van der Waals surface area contributed by atoms with Gasteiger partial charge in [0.15, 0.2) is 5.78 Å². The molecule has 0 spiro atoms. The minimum absolute atomic E-state index is 0.00148. The second-order valence-electron chi connectivity index (χ2n) is 5.81. The molecule has 0 saturated heterocycles. The molecule has 0 radical (unpaired) electrons. The van der Waals surface area contributed by atoms with Gasteiger partial charge in [-0.05, 0) is 60.2 Å². The lowest BCUT2D eigenvalue weighted by molar-refractivity contribution is 0.0988. The highest BCUT2D eigenvalue weighted by Gasteiger charge is 2.15. The van der Waals surface area contributed by atoms with Gasteiger partial charge in [-0.15, -0.1) is 0 Å². The summed E-state index contributed by atoms with van der Waals surface area (Å²) in [5, 5.41) is 5.13. The Morgan fingerprint density at radius 2 is 1.69 bits per heavy atom. The Kier molecular flexibility index (Phi) is 4.76. The van der Waals surface area contributed by atoms with Crippen molar-refractivity contribution in [3.8, 4) is 16.9 Å². The van der Waals surface area contributed by atoms with Crippen molar-refractivity contribution in [2.45, 2.75) is 18.2 Å². The molecule has 1 heterocycles. The Morgan fingerprint density at radius 3 is 2.23 bits per heavy atom. The van der Waals surface area contributed by atoms with E-state index >= 15 is 0 Å². The highest BCUT2D eigenvalue weighted by atomic mass is 32.2. The summed E-state index contributed by atoms with van der Waals surface area (Å²) >= 11 is 0. The minimum Gasteiger partial charge on any atom is -0.316 e. The number of nitrogens with zero attached hydrogens (tertiary/aromatic N) is 1. The molecule has 26 heavy (non-hydrogen) atoms. The SMILES string of the molecule is CCC(=O)c1cc(-c2ccc(F)cc2)n(-c2ccc(S(N)(=O)=O)cc2)c1. The number of hydrogen-bond acceptors (Lipinski definition) is 3. The number of benzene rings is 2. The second kappa shape index (κ2) is 6.86. The number of hydrogen-bond donors (Lipinski definition) is 1. The highest BCUT2D eigenvalue weighted by molar-refractivity contribution is 7.89. The molecule has 1 aromatic heterocycles. The Bertz CT molecular complexity index is 1050. The zero-order valence-corrected chi connectivity index (χ0v) is 14.8. The van der Waals surface area contributed by atoms with Crippen molar-refractivity contribution in [3.05, 3.63) is 72.2 Å². The predicted octanol–water partition coefficient (Wildman–Crippen LogP) is 3.52. The van der Waals surface area contributed by atoms with Crippen molar-refractivity contribution < 1.29 is 17.6 Å². The van der Waals surface area contributed by atoms with Crippen LogP contribution >= 0.6 is 0 Å². The molecule has 0 unspecified atom stereocenters. The molecule has 3 rings (SSSR count). The van der Waals surface area contributed by atoms with Crippen molar-refractivity contribution in [2.75, 3.05) is 0 Å². The Morgan fingerprint density at radius 1 is 1.08 bits per heavy atom. The summed E-state index contributed by atoms with van der Waals surface area (Å²) in [4.78, 5) is 12.1. The van der Waals surface area contributed by atoms with Crippen LogP contribution in [-0.2, 0) is 10.0 Å². The largest absolute Gasteiger partial charge is 0.316 e. The number of aromatic nitrogens is 1. The van der Waals surface area contributed by atoms with Gasteiger partial charge < -0.3 is 4.57 Å². The zero-order valence-electron chi connectivity index (χ0n) is 14.0. The van der Waals surface area contributed by atoms with Crippen molar-refractivity contribution in [2.24, 2.45) is 5.14 Å². The number of ketones is 1. The van der Waals surface area contributed by atoms with E-state index in [9.17, 15) is 17.6 Å². The van der Waals surface area contributed by atoms with Crippen LogP contribution in [-0.4, -0.2) is 18.8 Å². The lowest BCUT2D eigenvalue weighted by Gasteiger charge is -2.10. The maximum absolute atomic E-state index is 13.2. The summed E-state index contributed by atoms with van der Waals surface area (Å²) in [6, 6.07) is 13.7. The highest BCUT2D eigenvalue weighted by Crippen LogP contribution is 2.27. The maximum atomic E-state index is 13.2. The van der Waals surface area contributed by atoms with E-state index < -0.39 is 10.0 Å². The van der Waals surface area contributed by atoms with Crippen LogP contribution < -0.4 is 5.14 Å². The number of rotatable bonds is 5. The van der Waals surface area contributed by atoms with E-state index in [2.05, 4.69) is 0 Å². The van der Waals surface area contributed by atoms with E-state index in [4.69, 9.17) is 5.14 Å². The zero-order chi connectivity index (χ0) is 18.9. The predicted molar refractivity (Wildman–Crippen MR) is 97.2 cm³/mol. The first kappa shape index (κ1) is 18.0. The summed E-state index contributed by atoms with van der Waals surface area (Å²) in [7, 11) is -3.79. The first-order chi connectivity index (χ1) is 12.3. The molecule has 0 saturated carbocycles. The van der Waals surface area contributed by atoms with Crippen molar-refractivity contribution in [1.29, 1.82) is 0 Å². The average molecular weight is 372 g/mol. The molecular weight excluding hydrogens is 355 g/mol. The van der Waals surface area contributed by atoms with Gasteiger partial charge in [0.1, 0.15) is 5.82 Å². The van der Waals surface area contributed by atoms with Crippen molar-refractivity contribution in [1.82, 2.24) is 4.57 Å². The smallest absolute Gasteiger partial charge is 0.238 e. The fourth-order valence-electron chi connectivity index (χ4n) is 2.67. The summed E-state index contributed by atoms with van der Waals surface area (Å²) in [6.45, 7) is 1.78. The summed E-state index contributed by atoms with van der Waals surface area (Å²) in [5.41, 5.74) is 2.62. The molecule has 0 atom stereocenters. The van der Waals surface area contributed by atoms with Crippen LogP contribution in [0.5, 0.6) is 0 Å². The lowest BCUT2D eigenvalue weighted by atomic mass is 10.1. The van der Waals surface area contributed by atoms with Crippen LogP contribution in [0.1, 0.15) is 23.7 Å². The van der Waals surface area contributed by atoms with E-state index in [0.29, 0.717) is 23.4 Å². The molecule has 2 N–H and O–H groups in total. The van der Waals surface area contributed by atoms with Crippen LogP contribution in [0.25, 0.3) is 16.9 Å². The molecule has 0 amide bonds. The van der Waals surface area contributed by atoms with E-state index in [1.807, 2.05) is 0 Å². The monoisotopic (exact) mass is 372 g/mol. The molecule has 2 aromatic carbocycles. The average Bonchev–Trinajstić information content (AvgIpc) is 3.06. The fourth-order valence-corrected chi connectivity index (χ4v) is 3.19. The number of carbonyl (C=O) groups is 1. The van der Waals surface area contributed by atoms with Crippen molar-refractivity contribution in [3.63, 3.8) is 0 Å². The number of nitrogens with two attached hydrogens (primary N) is 1. The number of sulfonamides is 1. The van der Waals surface area contributed by atoms with Gasteiger partial charge >= 0.3 is 0 Å². The number of carbonyl (C=O) groups excluding carboxylic acids is 1. The Labute approximate surface area is 150 Å².